The van der Waals surface area contributed by atoms with Crippen LogP contribution in [0, 0.1) is 0 Å². The summed E-state index contributed by atoms with van der Waals surface area (Å²) in [4.78, 5) is 30.2. The molecule has 0 aromatic heterocycles. The molecule has 4 aromatic carbocycles. The highest BCUT2D eigenvalue weighted by Crippen LogP contribution is 2.28. The molecule has 45 heavy (non-hydrogen) atoms. The summed E-state index contributed by atoms with van der Waals surface area (Å²) >= 11 is 4.99. The summed E-state index contributed by atoms with van der Waals surface area (Å²) < 4.78 is 35.9. The molecule has 236 valence electrons. The van der Waals surface area contributed by atoms with E-state index in [9.17, 15) is 18.0 Å². The number of halogens is 1. The highest BCUT2D eigenvalue weighted by Gasteiger charge is 2.34. The second kappa shape index (κ2) is 16.0. The molecule has 0 aliphatic carbocycles. The van der Waals surface area contributed by atoms with Crippen LogP contribution in [0.15, 0.2) is 117 Å². The van der Waals surface area contributed by atoms with Crippen LogP contribution in [0.1, 0.15) is 18.1 Å². The molecule has 0 radical (unpaired) electrons. The summed E-state index contributed by atoms with van der Waals surface area (Å²) in [5, 5.41) is 2.70. The van der Waals surface area contributed by atoms with Crippen LogP contribution < -0.4 is 14.4 Å². The number of likely N-dealkylation sites (N-methyl/N-ethyl adjacent to an activating group) is 1. The fraction of sp³-hybridized carbons (Fsp3) is 0.235. The standard InChI is InChI=1S/C34H36BrN3O5S2/c1-4-43-29-15-13-28(14-16-29)38(45(41,42)31-19-17-30(44-3)18-20-31)24-33(39)37(23-26-11-8-12-27(35)21-26)32(34(40)36-2)22-25-9-6-5-7-10-25/h5-21,32H,4,22-24H2,1-3H3,(H,36,40)/t32-/m1/s1. The van der Waals surface area contributed by atoms with Crippen molar-refractivity contribution in [2.75, 3.05) is 30.8 Å². The van der Waals surface area contributed by atoms with Crippen LogP contribution in [0.5, 0.6) is 5.75 Å². The number of carbonyl (C=O) groups excluding carboxylic acids is 2. The molecule has 0 fully saturated rings. The third kappa shape index (κ3) is 8.90. The lowest BCUT2D eigenvalue weighted by Crippen LogP contribution is -2.53. The fourth-order valence-electron chi connectivity index (χ4n) is 4.83. The molecule has 0 heterocycles. The van der Waals surface area contributed by atoms with Crippen molar-refractivity contribution in [3.8, 4) is 5.75 Å². The molecule has 0 saturated carbocycles. The van der Waals surface area contributed by atoms with Gasteiger partial charge in [-0.1, -0.05) is 58.4 Å². The van der Waals surface area contributed by atoms with Gasteiger partial charge in [0.05, 0.1) is 17.2 Å². The van der Waals surface area contributed by atoms with E-state index in [4.69, 9.17) is 4.74 Å². The number of carbonyl (C=O) groups is 2. The molecule has 2 amide bonds. The second-order valence-corrected chi connectivity index (χ2v) is 13.7. The van der Waals surface area contributed by atoms with Crippen LogP contribution in [0.4, 0.5) is 5.69 Å². The molecular weight excluding hydrogens is 674 g/mol. The summed E-state index contributed by atoms with van der Waals surface area (Å²) in [5.74, 6) is -0.309. The van der Waals surface area contributed by atoms with Crippen molar-refractivity contribution in [2.24, 2.45) is 0 Å². The predicted molar refractivity (Wildman–Crippen MR) is 183 cm³/mol. The van der Waals surface area contributed by atoms with Gasteiger partial charge in [0.15, 0.2) is 0 Å². The third-order valence-electron chi connectivity index (χ3n) is 7.12. The maximum absolute atomic E-state index is 14.4. The number of nitrogens with one attached hydrogen (secondary N) is 1. The van der Waals surface area contributed by atoms with Crippen molar-refractivity contribution in [1.82, 2.24) is 10.2 Å². The predicted octanol–water partition coefficient (Wildman–Crippen LogP) is 6.15. The average Bonchev–Trinajstić information content (AvgIpc) is 3.06. The largest absolute Gasteiger partial charge is 0.494 e. The van der Waals surface area contributed by atoms with Crippen molar-refractivity contribution < 1.29 is 22.7 Å². The van der Waals surface area contributed by atoms with Gasteiger partial charge in [-0.15, -0.1) is 11.8 Å². The van der Waals surface area contributed by atoms with Gasteiger partial charge in [0.25, 0.3) is 10.0 Å². The number of thioether (sulfide) groups is 1. The molecule has 11 heteroatoms. The van der Waals surface area contributed by atoms with Crippen molar-refractivity contribution in [3.63, 3.8) is 0 Å². The van der Waals surface area contributed by atoms with E-state index in [2.05, 4.69) is 21.2 Å². The van der Waals surface area contributed by atoms with E-state index >= 15 is 0 Å². The van der Waals surface area contributed by atoms with Crippen molar-refractivity contribution >= 4 is 55.2 Å². The summed E-state index contributed by atoms with van der Waals surface area (Å²) in [6, 6.07) is 29.1. The number of benzene rings is 4. The number of anilines is 1. The van der Waals surface area contributed by atoms with Crippen LogP contribution in [0.2, 0.25) is 0 Å². The van der Waals surface area contributed by atoms with Crippen LogP contribution in [-0.4, -0.2) is 57.6 Å². The first-order valence-electron chi connectivity index (χ1n) is 14.3. The molecule has 0 unspecified atom stereocenters. The van der Waals surface area contributed by atoms with Gasteiger partial charge in [-0.25, -0.2) is 8.42 Å². The van der Waals surface area contributed by atoms with Gasteiger partial charge in [-0.3, -0.25) is 13.9 Å². The Bertz CT molecular complexity index is 1690. The number of hydrogen-bond donors (Lipinski definition) is 1. The summed E-state index contributed by atoms with van der Waals surface area (Å²) in [6.07, 6.45) is 2.15. The summed E-state index contributed by atoms with van der Waals surface area (Å²) in [7, 11) is -2.67. The van der Waals surface area contributed by atoms with E-state index in [-0.39, 0.29) is 23.8 Å². The zero-order valence-corrected chi connectivity index (χ0v) is 28.6. The van der Waals surface area contributed by atoms with Gasteiger partial charge in [0, 0.05) is 29.4 Å². The summed E-state index contributed by atoms with van der Waals surface area (Å²) in [6.45, 7) is 1.87. The lowest BCUT2D eigenvalue weighted by Gasteiger charge is -2.33. The molecule has 4 rings (SSSR count). The Morgan fingerprint density at radius 2 is 1.58 bits per heavy atom. The first kappa shape index (κ1) is 34.1. The lowest BCUT2D eigenvalue weighted by atomic mass is 10.0. The smallest absolute Gasteiger partial charge is 0.264 e. The number of sulfonamides is 1. The number of ether oxygens (including phenoxy) is 1. The fourth-order valence-corrected chi connectivity index (χ4v) is 7.10. The van der Waals surface area contributed by atoms with Crippen LogP contribution in [-0.2, 0) is 32.6 Å². The van der Waals surface area contributed by atoms with Crippen molar-refractivity contribution in [3.05, 3.63) is 119 Å². The maximum Gasteiger partial charge on any atom is 0.264 e. The van der Waals surface area contributed by atoms with Crippen LogP contribution in [0.3, 0.4) is 0 Å². The van der Waals surface area contributed by atoms with Gasteiger partial charge >= 0.3 is 0 Å². The minimum atomic E-state index is -4.20. The number of rotatable bonds is 14. The van der Waals surface area contributed by atoms with E-state index in [1.54, 1.807) is 36.4 Å². The lowest BCUT2D eigenvalue weighted by molar-refractivity contribution is -0.139. The molecule has 0 spiro atoms. The molecule has 8 nitrogen and oxygen atoms in total. The van der Waals surface area contributed by atoms with E-state index < -0.39 is 28.5 Å². The molecule has 0 saturated heterocycles. The third-order valence-corrected chi connectivity index (χ3v) is 10.1. The van der Waals surface area contributed by atoms with E-state index in [0.29, 0.717) is 18.0 Å². The molecule has 0 aliphatic heterocycles. The Morgan fingerprint density at radius 1 is 0.911 bits per heavy atom. The number of nitrogens with zero attached hydrogens (tertiary/aromatic N) is 2. The highest BCUT2D eigenvalue weighted by atomic mass is 79.9. The van der Waals surface area contributed by atoms with Gasteiger partial charge < -0.3 is 15.0 Å². The van der Waals surface area contributed by atoms with Gasteiger partial charge in [0.2, 0.25) is 11.8 Å². The van der Waals surface area contributed by atoms with Gasteiger partial charge in [-0.05, 0) is 85.0 Å². The monoisotopic (exact) mass is 709 g/mol. The Hall–Kier alpha value is -3.80. The second-order valence-electron chi connectivity index (χ2n) is 10.1. The quantitative estimate of drug-likeness (QED) is 0.158. The van der Waals surface area contributed by atoms with Gasteiger partial charge in [-0.2, -0.15) is 0 Å². The maximum atomic E-state index is 14.4. The van der Waals surface area contributed by atoms with Crippen molar-refractivity contribution in [2.45, 2.75) is 35.7 Å². The minimum absolute atomic E-state index is 0.0488. The Labute approximate surface area is 278 Å². The number of hydrogen-bond acceptors (Lipinski definition) is 6. The van der Waals surface area contributed by atoms with Crippen molar-refractivity contribution in [1.29, 1.82) is 0 Å². The van der Waals surface area contributed by atoms with Gasteiger partial charge in [0.1, 0.15) is 18.3 Å². The molecule has 0 bridgehead atoms. The Morgan fingerprint density at radius 3 is 2.18 bits per heavy atom. The average molecular weight is 711 g/mol. The zero-order valence-electron chi connectivity index (χ0n) is 25.4. The van der Waals surface area contributed by atoms with E-state index in [1.807, 2.05) is 67.8 Å². The molecule has 1 atom stereocenters. The zero-order chi connectivity index (χ0) is 32.4. The SMILES string of the molecule is CCOc1ccc(N(CC(=O)N(Cc2cccc(Br)c2)[C@H](Cc2ccccc2)C(=O)NC)S(=O)(=O)c2ccc(SC)cc2)cc1. The van der Waals surface area contributed by atoms with Crippen LogP contribution in [0.25, 0.3) is 0 Å². The first-order valence-corrected chi connectivity index (χ1v) is 17.8. The molecule has 1 N–H and O–H groups in total. The van der Waals surface area contributed by atoms with Crippen LogP contribution >= 0.6 is 27.7 Å². The molecule has 4 aromatic rings. The summed E-state index contributed by atoms with van der Waals surface area (Å²) in [5.41, 5.74) is 1.94. The minimum Gasteiger partial charge on any atom is -0.494 e. The van der Waals surface area contributed by atoms with E-state index in [1.165, 1.54) is 35.8 Å². The highest BCUT2D eigenvalue weighted by molar-refractivity contribution is 9.10. The Kier molecular flexibility index (Phi) is 12.1. The molecule has 0 aliphatic rings. The molecular formula is C34H36BrN3O5S2. The normalized spacial score (nSPS) is 11.8. The van der Waals surface area contributed by atoms with E-state index in [0.717, 1.165) is 24.8 Å². The Balaban J connectivity index is 1.78. The first-order chi connectivity index (χ1) is 21.7. The topological polar surface area (TPSA) is 96.0 Å². The number of amides is 2.